The van der Waals surface area contributed by atoms with Gasteiger partial charge >= 0.3 is 0 Å². The third-order valence-corrected chi connectivity index (χ3v) is 1.67. The van der Waals surface area contributed by atoms with E-state index in [4.69, 9.17) is 5.73 Å². The van der Waals surface area contributed by atoms with Crippen LogP contribution in [0.1, 0.15) is 13.8 Å². The molecule has 0 saturated carbocycles. The van der Waals surface area contributed by atoms with Gasteiger partial charge in [-0.3, -0.25) is 19.3 Å². The molecule has 0 radical (unpaired) electrons. The summed E-state index contributed by atoms with van der Waals surface area (Å²) in [6, 6.07) is 0. The number of carbonyl (C=O) groups is 3. The van der Waals surface area contributed by atoms with Crippen LogP contribution in [0.5, 0.6) is 0 Å². The van der Waals surface area contributed by atoms with Crippen molar-refractivity contribution in [3.63, 3.8) is 0 Å². The molecule has 0 aromatic rings. The predicted octanol–water partition coefficient (Wildman–Crippen LogP) is -0.987. The third kappa shape index (κ3) is 4.22. The molecule has 6 nitrogen and oxygen atoms in total. The fourth-order valence-electron chi connectivity index (χ4n) is 0.998. The lowest BCUT2D eigenvalue weighted by Gasteiger charge is -2.12. The molecule has 1 heterocycles. The Bertz CT molecular complexity index is 282. The second kappa shape index (κ2) is 7.58. The standard InChI is InChI=1S/C8H11N3O3.C2H6/c9-3-4-10-6(12)5-11-7(13)1-2-8(11)14;1-2/h1-2H,3-5,9H2,(H,10,12);1-2H3. The lowest BCUT2D eigenvalue weighted by atomic mass is 10.4. The van der Waals surface area contributed by atoms with Crippen molar-refractivity contribution >= 4 is 17.7 Å². The molecule has 0 saturated heterocycles. The molecule has 16 heavy (non-hydrogen) atoms. The van der Waals surface area contributed by atoms with E-state index < -0.39 is 11.8 Å². The van der Waals surface area contributed by atoms with Crippen LogP contribution in [-0.2, 0) is 14.4 Å². The molecule has 1 aliphatic heterocycles. The van der Waals surface area contributed by atoms with E-state index >= 15 is 0 Å². The number of nitrogens with zero attached hydrogens (tertiary/aromatic N) is 1. The summed E-state index contributed by atoms with van der Waals surface area (Å²) >= 11 is 0. The van der Waals surface area contributed by atoms with E-state index in [1.165, 1.54) is 0 Å². The smallest absolute Gasteiger partial charge is 0.254 e. The van der Waals surface area contributed by atoms with Crippen molar-refractivity contribution in [2.45, 2.75) is 13.8 Å². The molecule has 0 spiro atoms. The Labute approximate surface area is 94.5 Å². The third-order valence-electron chi connectivity index (χ3n) is 1.67. The second-order valence-electron chi connectivity index (χ2n) is 2.73. The monoisotopic (exact) mass is 227 g/mol. The van der Waals surface area contributed by atoms with E-state index in [-0.39, 0.29) is 12.5 Å². The highest BCUT2D eigenvalue weighted by molar-refractivity contribution is 6.14. The quantitative estimate of drug-likeness (QED) is 0.603. The highest BCUT2D eigenvalue weighted by Gasteiger charge is 2.25. The summed E-state index contributed by atoms with van der Waals surface area (Å²) in [7, 11) is 0. The van der Waals surface area contributed by atoms with Crippen LogP contribution in [0.4, 0.5) is 0 Å². The van der Waals surface area contributed by atoms with Crippen molar-refractivity contribution in [2.24, 2.45) is 5.73 Å². The molecule has 0 unspecified atom stereocenters. The average molecular weight is 227 g/mol. The van der Waals surface area contributed by atoms with Gasteiger partial charge in [0.2, 0.25) is 5.91 Å². The van der Waals surface area contributed by atoms with E-state index in [0.29, 0.717) is 13.1 Å². The molecule has 0 bridgehead atoms. The van der Waals surface area contributed by atoms with E-state index in [2.05, 4.69) is 5.32 Å². The first-order valence-electron chi connectivity index (χ1n) is 5.15. The SMILES string of the molecule is CC.NCCNC(=O)CN1C(=O)C=CC1=O. The zero-order chi connectivity index (χ0) is 12.6. The van der Waals surface area contributed by atoms with Crippen molar-refractivity contribution in [2.75, 3.05) is 19.6 Å². The van der Waals surface area contributed by atoms with Crippen molar-refractivity contribution in [3.05, 3.63) is 12.2 Å². The van der Waals surface area contributed by atoms with Crippen molar-refractivity contribution < 1.29 is 14.4 Å². The summed E-state index contributed by atoms with van der Waals surface area (Å²) in [5, 5.41) is 2.46. The van der Waals surface area contributed by atoms with Crippen LogP contribution < -0.4 is 11.1 Å². The Morgan fingerprint density at radius 1 is 1.31 bits per heavy atom. The zero-order valence-corrected chi connectivity index (χ0v) is 9.53. The Hall–Kier alpha value is -1.69. The second-order valence-corrected chi connectivity index (χ2v) is 2.73. The Balaban J connectivity index is 0.00000106. The van der Waals surface area contributed by atoms with Gasteiger partial charge in [-0.1, -0.05) is 13.8 Å². The Kier molecular flexibility index (Phi) is 6.78. The Morgan fingerprint density at radius 2 is 1.81 bits per heavy atom. The molecule has 0 aromatic heterocycles. The van der Waals surface area contributed by atoms with Crippen molar-refractivity contribution in [1.82, 2.24) is 10.2 Å². The number of hydrogen-bond donors (Lipinski definition) is 2. The van der Waals surface area contributed by atoms with Crippen molar-refractivity contribution in [3.8, 4) is 0 Å². The maximum atomic E-state index is 11.1. The number of hydrogen-bond acceptors (Lipinski definition) is 4. The first-order valence-corrected chi connectivity index (χ1v) is 5.15. The molecule has 6 heteroatoms. The first-order chi connectivity index (χ1) is 7.65. The minimum Gasteiger partial charge on any atom is -0.353 e. The number of rotatable bonds is 4. The van der Waals surface area contributed by atoms with Gasteiger partial charge in [-0.2, -0.15) is 0 Å². The van der Waals surface area contributed by atoms with Gasteiger partial charge in [0.05, 0.1) is 0 Å². The molecule has 0 atom stereocenters. The number of nitrogens with one attached hydrogen (secondary N) is 1. The maximum absolute atomic E-state index is 11.1. The van der Waals surface area contributed by atoms with Gasteiger partial charge in [-0.05, 0) is 0 Å². The van der Waals surface area contributed by atoms with Gasteiger partial charge in [-0.15, -0.1) is 0 Å². The van der Waals surface area contributed by atoms with E-state index in [0.717, 1.165) is 17.1 Å². The van der Waals surface area contributed by atoms with Gasteiger partial charge in [0.1, 0.15) is 6.54 Å². The van der Waals surface area contributed by atoms with Crippen LogP contribution in [0.2, 0.25) is 0 Å². The van der Waals surface area contributed by atoms with Crippen LogP contribution in [0.25, 0.3) is 0 Å². The molecule has 1 aliphatic rings. The highest BCUT2D eigenvalue weighted by Crippen LogP contribution is 2.01. The highest BCUT2D eigenvalue weighted by atomic mass is 16.2. The molecule has 0 aliphatic carbocycles. The molecular weight excluding hydrogens is 210 g/mol. The summed E-state index contributed by atoms with van der Waals surface area (Å²) in [5.41, 5.74) is 5.17. The van der Waals surface area contributed by atoms with Crippen LogP contribution in [0.3, 0.4) is 0 Å². The predicted molar refractivity (Wildman–Crippen MR) is 59.3 cm³/mol. The zero-order valence-electron chi connectivity index (χ0n) is 9.53. The minimum atomic E-state index is -0.460. The number of amides is 3. The van der Waals surface area contributed by atoms with Crippen LogP contribution in [0, 0.1) is 0 Å². The van der Waals surface area contributed by atoms with Gasteiger partial charge in [0.25, 0.3) is 11.8 Å². The number of carbonyl (C=O) groups excluding carboxylic acids is 3. The molecule has 0 aromatic carbocycles. The first kappa shape index (κ1) is 14.3. The van der Waals surface area contributed by atoms with Gasteiger partial charge < -0.3 is 11.1 Å². The molecule has 0 fully saturated rings. The lowest BCUT2D eigenvalue weighted by Crippen LogP contribution is -2.41. The lowest BCUT2D eigenvalue weighted by molar-refractivity contribution is -0.141. The van der Waals surface area contributed by atoms with Gasteiger partial charge in [0.15, 0.2) is 0 Å². The van der Waals surface area contributed by atoms with Crippen LogP contribution in [-0.4, -0.2) is 42.3 Å². The summed E-state index contributed by atoms with van der Waals surface area (Å²) < 4.78 is 0. The number of nitrogens with two attached hydrogens (primary N) is 1. The van der Waals surface area contributed by atoms with Crippen LogP contribution in [0.15, 0.2) is 12.2 Å². The molecule has 3 N–H and O–H groups in total. The van der Waals surface area contributed by atoms with E-state index in [1.54, 1.807) is 0 Å². The normalized spacial score (nSPS) is 13.6. The fourth-order valence-corrected chi connectivity index (χ4v) is 0.998. The summed E-state index contributed by atoms with van der Waals surface area (Å²) in [4.78, 5) is 34.0. The van der Waals surface area contributed by atoms with Crippen LogP contribution >= 0.6 is 0 Å². The topological polar surface area (TPSA) is 92.5 Å². The fraction of sp³-hybridized carbons (Fsp3) is 0.500. The van der Waals surface area contributed by atoms with E-state index in [9.17, 15) is 14.4 Å². The van der Waals surface area contributed by atoms with E-state index in [1.807, 2.05) is 13.8 Å². The summed E-state index contributed by atoms with van der Waals surface area (Å²) in [6.45, 7) is 4.42. The maximum Gasteiger partial charge on any atom is 0.254 e. The van der Waals surface area contributed by atoms with Gasteiger partial charge in [-0.25, -0.2) is 0 Å². The minimum absolute atomic E-state index is 0.245. The molecule has 90 valence electrons. The summed E-state index contributed by atoms with van der Waals surface area (Å²) in [6.07, 6.45) is 2.27. The summed E-state index contributed by atoms with van der Waals surface area (Å²) in [5.74, 6) is -1.31. The van der Waals surface area contributed by atoms with Gasteiger partial charge in [0, 0.05) is 25.2 Å². The number of imide groups is 1. The Morgan fingerprint density at radius 3 is 2.25 bits per heavy atom. The average Bonchev–Trinajstić information content (AvgIpc) is 2.61. The molecular formula is C10H17N3O3. The largest absolute Gasteiger partial charge is 0.353 e. The molecule has 1 rings (SSSR count). The van der Waals surface area contributed by atoms with Crippen molar-refractivity contribution in [1.29, 1.82) is 0 Å². The molecule has 3 amide bonds.